The van der Waals surface area contributed by atoms with E-state index in [9.17, 15) is 0 Å². The number of alkyl halides is 1. The highest BCUT2D eigenvalue weighted by Crippen LogP contribution is 2.15. The minimum Gasteiger partial charge on any atom is -0.303 e. The number of hydrogen-bond donors (Lipinski definition) is 0. The van der Waals surface area contributed by atoms with E-state index < -0.39 is 0 Å². The molecular weight excluding hydrogens is 182 g/mol. The van der Waals surface area contributed by atoms with Crippen molar-refractivity contribution in [1.82, 2.24) is 4.90 Å². The van der Waals surface area contributed by atoms with E-state index in [4.69, 9.17) is 11.6 Å². The monoisotopic (exact) mass is 203 g/mol. The minimum atomic E-state index is 0.830. The van der Waals surface area contributed by atoms with Crippen molar-refractivity contribution in [3.05, 3.63) is 0 Å². The van der Waals surface area contributed by atoms with E-state index in [-0.39, 0.29) is 0 Å². The number of nitrogens with zero attached hydrogens (tertiary/aromatic N) is 1. The van der Waals surface area contributed by atoms with Gasteiger partial charge in [0.15, 0.2) is 0 Å². The summed E-state index contributed by atoms with van der Waals surface area (Å²) < 4.78 is 0. The smallest absolute Gasteiger partial charge is 0.0223 e. The van der Waals surface area contributed by atoms with Crippen LogP contribution in [0.15, 0.2) is 0 Å². The molecule has 0 spiro atoms. The summed E-state index contributed by atoms with van der Waals surface area (Å²) in [5, 5.41) is 0. The molecule has 1 heterocycles. The average Bonchev–Trinajstić information content (AvgIpc) is 2.13. The Labute approximate surface area is 87.4 Å². The summed E-state index contributed by atoms with van der Waals surface area (Å²) in [5.74, 6) is 1.75. The van der Waals surface area contributed by atoms with Crippen molar-refractivity contribution in [3.8, 4) is 0 Å². The maximum Gasteiger partial charge on any atom is 0.0223 e. The first-order valence-corrected chi connectivity index (χ1v) is 6.14. The van der Waals surface area contributed by atoms with Gasteiger partial charge in [-0.05, 0) is 44.7 Å². The lowest BCUT2D eigenvalue weighted by Crippen LogP contribution is -2.34. The Morgan fingerprint density at radius 2 is 2.15 bits per heavy atom. The Balaban J connectivity index is 2.00. The molecule has 1 aliphatic heterocycles. The zero-order valence-corrected chi connectivity index (χ0v) is 9.52. The van der Waals surface area contributed by atoms with Gasteiger partial charge in [-0.15, -0.1) is 11.6 Å². The summed E-state index contributed by atoms with van der Waals surface area (Å²) >= 11 is 5.63. The van der Waals surface area contributed by atoms with Gasteiger partial charge in [-0.1, -0.05) is 13.3 Å². The van der Waals surface area contributed by atoms with Crippen LogP contribution < -0.4 is 0 Å². The zero-order valence-electron chi connectivity index (χ0n) is 8.77. The summed E-state index contributed by atoms with van der Waals surface area (Å²) in [6, 6.07) is 0. The molecule has 1 saturated heterocycles. The van der Waals surface area contributed by atoms with Crippen LogP contribution in [0.25, 0.3) is 0 Å². The highest BCUT2D eigenvalue weighted by atomic mass is 35.5. The van der Waals surface area contributed by atoms with Crippen molar-refractivity contribution in [1.29, 1.82) is 0 Å². The van der Waals surface area contributed by atoms with Crippen molar-refractivity contribution in [3.63, 3.8) is 0 Å². The molecule has 1 fully saturated rings. The summed E-state index contributed by atoms with van der Waals surface area (Å²) in [6.45, 7) is 6.30. The molecule has 1 rings (SSSR count). The quantitative estimate of drug-likeness (QED) is 0.490. The maximum atomic E-state index is 5.63. The molecule has 2 heteroatoms. The van der Waals surface area contributed by atoms with Crippen molar-refractivity contribution in [2.24, 2.45) is 5.92 Å². The Morgan fingerprint density at radius 3 is 2.85 bits per heavy atom. The fourth-order valence-electron chi connectivity index (χ4n) is 2.10. The Kier molecular flexibility index (Phi) is 5.81. The second-order valence-electron chi connectivity index (χ2n) is 4.30. The van der Waals surface area contributed by atoms with Crippen molar-refractivity contribution >= 4 is 11.6 Å². The van der Waals surface area contributed by atoms with Crippen LogP contribution >= 0.6 is 11.6 Å². The van der Waals surface area contributed by atoms with Crippen LogP contribution in [0, 0.1) is 5.92 Å². The molecule has 0 aliphatic carbocycles. The van der Waals surface area contributed by atoms with Crippen LogP contribution in [-0.4, -0.2) is 30.4 Å². The Hall–Kier alpha value is 0.250. The van der Waals surface area contributed by atoms with E-state index in [0.717, 1.165) is 11.8 Å². The molecule has 0 aromatic rings. The first-order valence-electron chi connectivity index (χ1n) is 5.61. The molecule has 1 aliphatic rings. The third-order valence-corrected chi connectivity index (χ3v) is 3.12. The minimum absolute atomic E-state index is 0.830. The molecule has 0 saturated carbocycles. The molecular formula is C11H22ClN. The second-order valence-corrected chi connectivity index (χ2v) is 4.68. The number of unbranched alkanes of at least 4 members (excludes halogenated alkanes) is 2. The predicted molar refractivity (Wildman–Crippen MR) is 59.4 cm³/mol. The topological polar surface area (TPSA) is 3.24 Å². The second kappa shape index (κ2) is 6.67. The lowest BCUT2D eigenvalue weighted by Gasteiger charge is -2.30. The molecule has 1 atom stereocenters. The van der Waals surface area contributed by atoms with Crippen LogP contribution in [0.3, 0.4) is 0 Å². The number of piperidine rings is 1. The number of halogens is 1. The molecule has 0 amide bonds. The SMILES string of the molecule is CC1CCCN(CCCCCCl)C1. The van der Waals surface area contributed by atoms with Gasteiger partial charge in [-0.3, -0.25) is 0 Å². The van der Waals surface area contributed by atoms with E-state index in [1.807, 2.05) is 0 Å². The van der Waals surface area contributed by atoms with Crippen LogP contribution in [-0.2, 0) is 0 Å². The fraction of sp³-hybridized carbons (Fsp3) is 1.00. The average molecular weight is 204 g/mol. The molecule has 0 aromatic heterocycles. The van der Waals surface area contributed by atoms with Gasteiger partial charge in [-0.2, -0.15) is 0 Å². The predicted octanol–water partition coefficient (Wildman–Crippen LogP) is 3.13. The van der Waals surface area contributed by atoms with Gasteiger partial charge in [0, 0.05) is 12.4 Å². The third kappa shape index (κ3) is 4.87. The maximum absolute atomic E-state index is 5.63. The molecule has 0 bridgehead atoms. The van der Waals surface area contributed by atoms with Crippen LogP contribution in [0.1, 0.15) is 39.0 Å². The Bertz CT molecular complexity index is 127. The van der Waals surface area contributed by atoms with Crippen molar-refractivity contribution in [2.75, 3.05) is 25.5 Å². The molecule has 1 unspecified atom stereocenters. The van der Waals surface area contributed by atoms with Gasteiger partial charge in [0.2, 0.25) is 0 Å². The lowest BCUT2D eigenvalue weighted by molar-refractivity contribution is 0.181. The van der Waals surface area contributed by atoms with E-state index in [1.54, 1.807) is 0 Å². The van der Waals surface area contributed by atoms with Crippen LogP contribution in [0.2, 0.25) is 0 Å². The molecule has 13 heavy (non-hydrogen) atoms. The van der Waals surface area contributed by atoms with Gasteiger partial charge in [0.1, 0.15) is 0 Å². The van der Waals surface area contributed by atoms with Crippen molar-refractivity contribution in [2.45, 2.75) is 39.0 Å². The highest BCUT2D eigenvalue weighted by molar-refractivity contribution is 6.17. The van der Waals surface area contributed by atoms with E-state index in [0.29, 0.717) is 0 Å². The number of hydrogen-bond acceptors (Lipinski definition) is 1. The first kappa shape index (κ1) is 11.3. The summed E-state index contributed by atoms with van der Waals surface area (Å²) in [7, 11) is 0. The van der Waals surface area contributed by atoms with Crippen LogP contribution in [0.4, 0.5) is 0 Å². The molecule has 0 radical (unpaired) electrons. The third-order valence-electron chi connectivity index (χ3n) is 2.85. The van der Waals surface area contributed by atoms with Gasteiger partial charge < -0.3 is 4.90 Å². The highest BCUT2D eigenvalue weighted by Gasteiger charge is 2.14. The number of likely N-dealkylation sites (tertiary alicyclic amines) is 1. The normalized spacial score (nSPS) is 24.9. The zero-order chi connectivity index (χ0) is 9.52. The first-order chi connectivity index (χ1) is 6.33. The molecule has 78 valence electrons. The largest absolute Gasteiger partial charge is 0.303 e. The molecule has 0 aromatic carbocycles. The Morgan fingerprint density at radius 1 is 1.31 bits per heavy atom. The van der Waals surface area contributed by atoms with Crippen LogP contribution in [0.5, 0.6) is 0 Å². The molecule has 0 N–H and O–H groups in total. The van der Waals surface area contributed by atoms with Gasteiger partial charge in [0.25, 0.3) is 0 Å². The van der Waals surface area contributed by atoms with Gasteiger partial charge in [0.05, 0.1) is 0 Å². The summed E-state index contributed by atoms with van der Waals surface area (Å²) in [4.78, 5) is 2.61. The summed E-state index contributed by atoms with van der Waals surface area (Å²) in [6.07, 6.45) is 6.65. The van der Waals surface area contributed by atoms with Crippen molar-refractivity contribution < 1.29 is 0 Å². The fourth-order valence-corrected chi connectivity index (χ4v) is 2.29. The van der Waals surface area contributed by atoms with E-state index in [2.05, 4.69) is 11.8 Å². The van der Waals surface area contributed by atoms with Gasteiger partial charge >= 0.3 is 0 Å². The number of rotatable bonds is 5. The van der Waals surface area contributed by atoms with Gasteiger partial charge in [-0.25, -0.2) is 0 Å². The standard InChI is InChI=1S/C11H22ClN/c1-11-6-5-9-13(10-11)8-4-2-3-7-12/h11H,2-10H2,1H3. The van der Waals surface area contributed by atoms with E-state index >= 15 is 0 Å². The molecule has 1 nitrogen and oxygen atoms in total. The summed E-state index contributed by atoms with van der Waals surface area (Å²) in [5.41, 5.74) is 0. The van der Waals surface area contributed by atoms with E-state index in [1.165, 1.54) is 51.7 Å². The lowest BCUT2D eigenvalue weighted by atomic mass is 10.00.